The predicted molar refractivity (Wildman–Crippen MR) is 66.7 cm³/mol. The molecule has 0 bridgehead atoms. The van der Waals surface area contributed by atoms with Crippen LogP contribution in [0.3, 0.4) is 0 Å². The topological polar surface area (TPSA) is 83.5 Å². The lowest BCUT2D eigenvalue weighted by Gasteiger charge is -2.24. The fourth-order valence-corrected chi connectivity index (χ4v) is 2.73. The average molecular weight is 283 g/mol. The molecule has 104 valence electrons. The number of rotatable bonds is 3. The Morgan fingerprint density at radius 2 is 1.74 bits per heavy atom. The van der Waals surface area contributed by atoms with Crippen molar-refractivity contribution in [3.63, 3.8) is 0 Å². The van der Waals surface area contributed by atoms with Crippen LogP contribution in [-0.2, 0) is 14.9 Å². The van der Waals surface area contributed by atoms with Crippen LogP contribution in [0.1, 0.15) is 43.0 Å². The van der Waals surface area contributed by atoms with Crippen molar-refractivity contribution in [3.05, 3.63) is 29.8 Å². The summed E-state index contributed by atoms with van der Waals surface area (Å²) in [6, 6.07) is 4.84. The zero-order valence-electron chi connectivity index (χ0n) is 10.6. The first-order valence-corrected chi connectivity index (χ1v) is 7.50. The molecule has 0 aliphatic heterocycles. The van der Waals surface area contributed by atoms with Crippen molar-refractivity contribution >= 4 is 16.1 Å². The standard InChI is InChI=1S/C13H16O5S/c1-13(8-2-3-9-13)18-12(14)10-4-6-11(7-5-10)19(15,16)17/h4-7H,2-3,8-9H2,1H3,(H,15,16,17)/p-1. The second-order valence-corrected chi connectivity index (χ2v) is 6.40. The molecule has 5 nitrogen and oxygen atoms in total. The van der Waals surface area contributed by atoms with Crippen molar-refractivity contribution in [1.82, 2.24) is 0 Å². The van der Waals surface area contributed by atoms with Crippen molar-refractivity contribution in [3.8, 4) is 0 Å². The van der Waals surface area contributed by atoms with Crippen LogP contribution in [0.2, 0.25) is 0 Å². The summed E-state index contributed by atoms with van der Waals surface area (Å²) < 4.78 is 37.8. The van der Waals surface area contributed by atoms with Crippen LogP contribution in [0, 0.1) is 0 Å². The minimum absolute atomic E-state index is 0.250. The van der Waals surface area contributed by atoms with Gasteiger partial charge in [-0.2, -0.15) is 0 Å². The maximum atomic E-state index is 11.9. The van der Waals surface area contributed by atoms with E-state index in [2.05, 4.69) is 0 Å². The van der Waals surface area contributed by atoms with Gasteiger partial charge in [0.15, 0.2) is 0 Å². The molecule has 19 heavy (non-hydrogen) atoms. The van der Waals surface area contributed by atoms with E-state index in [1.54, 1.807) is 0 Å². The van der Waals surface area contributed by atoms with Crippen LogP contribution in [0.5, 0.6) is 0 Å². The lowest BCUT2D eigenvalue weighted by molar-refractivity contribution is -0.00610. The number of esters is 1. The Labute approximate surface area is 112 Å². The molecule has 1 saturated carbocycles. The van der Waals surface area contributed by atoms with E-state index >= 15 is 0 Å². The van der Waals surface area contributed by atoms with Gasteiger partial charge in [-0.15, -0.1) is 0 Å². The molecule has 1 aromatic rings. The van der Waals surface area contributed by atoms with Crippen LogP contribution in [0.4, 0.5) is 0 Å². The largest absolute Gasteiger partial charge is 0.744 e. The van der Waals surface area contributed by atoms with E-state index in [1.165, 1.54) is 12.1 Å². The highest BCUT2D eigenvalue weighted by molar-refractivity contribution is 7.85. The molecule has 0 atom stereocenters. The van der Waals surface area contributed by atoms with Gasteiger partial charge in [0.25, 0.3) is 0 Å². The Morgan fingerprint density at radius 1 is 1.21 bits per heavy atom. The molecule has 6 heteroatoms. The van der Waals surface area contributed by atoms with Crippen molar-refractivity contribution in [2.45, 2.75) is 43.1 Å². The number of ether oxygens (including phenoxy) is 1. The number of hydrogen-bond acceptors (Lipinski definition) is 5. The summed E-state index contributed by atoms with van der Waals surface area (Å²) in [5, 5.41) is 0. The molecule has 0 aromatic heterocycles. The van der Waals surface area contributed by atoms with Gasteiger partial charge >= 0.3 is 5.97 Å². The van der Waals surface area contributed by atoms with Gasteiger partial charge in [-0.1, -0.05) is 0 Å². The van der Waals surface area contributed by atoms with Crippen molar-refractivity contribution < 1.29 is 22.5 Å². The lowest BCUT2D eigenvalue weighted by atomic mass is 10.1. The maximum absolute atomic E-state index is 11.9. The van der Waals surface area contributed by atoms with E-state index in [1.807, 2.05) is 6.92 Å². The number of carbonyl (C=O) groups is 1. The van der Waals surface area contributed by atoms with Crippen LogP contribution in [0.25, 0.3) is 0 Å². The Bertz CT molecular complexity index is 568. The van der Waals surface area contributed by atoms with Crippen LogP contribution >= 0.6 is 0 Å². The minimum Gasteiger partial charge on any atom is -0.744 e. The number of benzene rings is 1. The molecule has 1 aliphatic carbocycles. The third-order valence-electron chi connectivity index (χ3n) is 3.38. The summed E-state index contributed by atoms with van der Waals surface area (Å²) in [5.74, 6) is -0.487. The molecule has 0 heterocycles. The van der Waals surface area contributed by atoms with Gasteiger partial charge in [0, 0.05) is 0 Å². The molecule has 2 rings (SSSR count). The first kappa shape index (κ1) is 14.0. The maximum Gasteiger partial charge on any atom is 0.338 e. The van der Waals surface area contributed by atoms with E-state index in [0.717, 1.165) is 37.8 Å². The van der Waals surface area contributed by atoms with Gasteiger partial charge < -0.3 is 9.29 Å². The van der Waals surface area contributed by atoms with Gasteiger partial charge in [-0.3, -0.25) is 0 Å². The Hall–Kier alpha value is -1.40. The second-order valence-electron chi connectivity index (χ2n) is 5.03. The Morgan fingerprint density at radius 3 is 2.21 bits per heavy atom. The third-order valence-corrected chi connectivity index (χ3v) is 4.23. The average Bonchev–Trinajstić information content (AvgIpc) is 2.75. The summed E-state index contributed by atoms with van der Waals surface area (Å²) in [6.07, 6.45) is 3.76. The van der Waals surface area contributed by atoms with Gasteiger partial charge in [-0.25, -0.2) is 13.2 Å². The van der Waals surface area contributed by atoms with E-state index in [9.17, 15) is 17.8 Å². The molecule has 1 aromatic carbocycles. The molecule has 0 unspecified atom stereocenters. The summed E-state index contributed by atoms with van der Waals surface area (Å²) in [5.41, 5.74) is -0.180. The summed E-state index contributed by atoms with van der Waals surface area (Å²) in [4.78, 5) is 11.6. The zero-order chi connectivity index (χ0) is 14.1. The molecule has 0 N–H and O–H groups in total. The summed E-state index contributed by atoms with van der Waals surface area (Å²) >= 11 is 0. The molecule has 0 radical (unpaired) electrons. The van der Waals surface area contributed by atoms with Gasteiger partial charge in [0.05, 0.1) is 10.5 Å². The fourth-order valence-electron chi connectivity index (χ4n) is 2.27. The smallest absolute Gasteiger partial charge is 0.338 e. The Kier molecular flexibility index (Phi) is 3.64. The van der Waals surface area contributed by atoms with Crippen LogP contribution < -0.4 is 0 Å². The molecule has 1 fully saturated rings. The van der Waals surface area contributed by atoms with Crippen LogP contribution in [0.15, 0.2) is 29.2 Å². The number of carbonyl (C=O) groups excluding carboxylic acids is 1. The zero-order valence-corrected chi connectivity index (χ0v) is 11.4. The first-order valence-electron chi connectivity index (χ1n) is 6.09. The third kappa shape index (κ3) is 3.33. The van der Waals surface area contributed by atoms with E-state index in [4.69, 9.17) is 4.74 Å². The van der Waals surface area contributed by atoms with Crippen molar-refractivity contribution in [1.29, 1.82) is 0 Å². The highest BCUT2D eigenvalue weighted by Crippen LogP contribution is 2.33. The molecule has 0 spiro atoms. The molecule has 0 amide bonds. The second kappa shape index (κ2) is 4.94. The quantitative estimate of drug-likeness (QED) is 0.626. The first-order chi connectivity index (χ1) is 8.80. The Balaban J connectivity index is 2.12. The molecular weight excluding hydrogens is 268 g/mol. The van der Waals surface area contributed by atoms with Gasteiger partial charge in [0.2, 0.25) is 0 Å². The lowest BCUT2D eigenvalue weighted by Crippen LogP contribution is -2.28. The summed E-state index contributed by atoms with van der Waals surface area (Å²) in [7, 11) is -4.48. The van der Waals surface area contributed by atoms with Crippen molar-refractivity contribution in [2.75, 3.05) is 0 Å². The predicted octanol–water partition coefficient (Wildman–Crippen LogP) is 2.08. The van der Waals surface area contributed by atoms with E-state index in [-0.39, 0.29) is 10.5 Å². The molecular formula is C13H15O5S-. The molecule has 1 aliphatic rings. The van der Waals surface area contributed by atoms with E-state index < -0.39 is 21.7 Å². The molecule has 0 saturated heterocycles. The normalized spacial score (nSPS) is 18.2. The monoisotopic (exact) mass is 283 g/mol. The minimum atomic E-state index is -4.48. The fraction of sp³-hybridized carbons (Fsp3) is 0.462. The van der Waals surface area contributed by atoms with Gasteiger partial charge in [-0.05, 0) is 56.9 Å². The van der Waals surface area contributed by atoms with Crippen molar-refractivity contribution in [2.24, 2.45) is 0 Å². The van der Waals surface area contributed by atoms with Gasteiger partial charge in [0.1, 0.15) is 15.7 Å². The van der Waals surface area contributed by atoms with E-state index in [0.29, 0.717) is 0 Å². The summed E-state index contributed by atoms with van der Waals surface area (Å²) in [6.45, 7) is 1.90. The highest BCUT2D eigenvalue weighted by Gasteiger charge is 2.32. The number of hydrogen-bond donors (Lipinski definition) is 0. The highest BCUT2D eigenvalue weighted by atomic mass is 32.2. The SMILES string of the molecule is CC1(OC(=O)c2ccc(S(=O)(=O)[O-])cc2)CCCC1. The van der Waals surface area contributed by atoms with Crippen LogP contribution in [-0.4, -0.2) is 24.5 Å².